The lowest BCUT2D eigenvalue weighted by atomic mass is 10.4. The Morgan fingerprint density at radius 1 is 1.10 bits per heavy atom. The monoisotopic (exact) mass is 280 g/mol. The maximum absolute atomic E-state index is 5.85. The van der Waals surface area contributed by atoms with Crippen LogP contribution in [0, 0.1) is 0 Å². The van der Waals surface area contributed by atoms with Gasteiger partial charge in [0.2, 0.25) is 17.8 Å². The summed E-state index contributed by atoms with van der Waals surface area (Å²) in [4.78, 5) is 17.4. The van der Waals surface area contributed by atoms with Crippen molar-refractivity contribution in [2.75, 3.05) is 54.9 Å². The van der Waals surface area contributed by atoms with Crippen LogP contribution in [0.3, 0.4) is 0 Å². The highest BCUT2D eigenvalue weighted by Gasteiger charge is 2.17. The number of nitrogens with two attached hydrogens (primary N) is 1. The summed E-state index contributed by atoms with van der Waals surface area (Å²) >= 11 is 0. The molecule has 1 aromatic rings. The fourth-order valence-electron chi connectivity index (χ4n) is 2.27. The maximum atomic E-state index is 5.85. The number of anilines is 3. The van der Waals surface area contributed by atoms with Crippen molar-refractivity contribution in [3.8, 4) is 0 Å². The molecule has 1 saturated heterocycles. The highest BCUT2D eigenvalue weighted by atomic mass is 16.5. The minimum absolute atomic E-state index is 0.286. The van der Waals surface area contributed by atoms with Gasteiger partial charge in [-0.25, -0.2) is 0 Å². The van der Waals surface area contributed by atoms with Gasteiger partial charge in [0.1, 0.15) is 0 Å². The maximum Gasteiger partial charge on any atom is 0.232 e. The molecule has 2 N–H and O–H groups in total. The quantitative estimate of drug-likeness (QED) is 0.829. The molecule has 0 aromatic carbocycles. The number of aromatic nitrogens is 3. The third-order valence-electron chi connectivity index (χ3n) is 3.19. The number of morpholine rings is 1. The summed E-state index contributed by atoms with van der Waals surface area (Å²) in [5, 5.41) is 0. The summed E-state index contributed by atoms with van der Waals surface area (Å²) < 4.78 is 5.35. The van der Waals surface area contributed by atoms with Gasteiger partial charge in [0.15, 0.2) is 0 Å². The first kappa shape index (κ1) is 14.8. The van der Waals surface area contributed by atoms with Gasteiger partial charge in [0.25, 0.3) is 0 Å². The first-order chi connectivity index (χ1) is 9.74. The van der Waals surface area contributed by atoms with Crippen LogP contribution < -0.4 is 15.5 Å². The molecule has 0 bridgehead atoms. The molecular weight excluding hydrogens is 256 g/mol. The van der Waals surface area contributed by atoms with E-state index < -0.39 is 0 Å². The Bertz CT molecular complexity index is 415. The molecule has 0 atom stereocenters. The lowest BCUT2D eigenvalue weighted by Crippen LogP contribution is -2.38. The number of ether oxygens (including phenoxy) is 1. The van der Waals surface area contributed by atoms with E-state index >= 15 is 0 Å². The van der Waals surface area contributed by atoms with Gasteiger partial charge in [-0.05, 0) is 12.8 Å². The third kappa shape index (κ3) is 3.69. The Labute approximate surface area is 120 Å². The molecule has 2 heterocycles. The van der Waals surface area contributed by atoms with Crippen LogP contribution >= 0.6 is 0 Å². The minimum Gasteiger partial charge on any atom is -0.378 e. The molecule has 7 heteroatoms. The van der Waals surface area contributed by atoms with E-state index in [4.69, 9.17) is 10.5 Å². The summed E-state index contributed by atoms with van der Waals surface area (Å²) in [7, 11) is 0. The topological polar surface area (TPSA) is 80.4 Å². The standard InChI is InChI=1S/C13H24N6O/c1-3-5-18(6-4-2)12-15-11(14)16-13(17-12)19-7-9-20-10-8-19/h3-10H2,1-2H3,(H2,14,15,16,17). The SMILES string of the molecule is CCCN(CCC)c1nc(N)nc(N2CCOCC2)n1. The van der Waals surface area contributed by atoms with E-state index in [0.717, 1.165) is 39.0 Å². The molecular formula is C13H24N6O. The number of nitrogen functional groups attached to an aromatic ring is 1. The minimum atomic E-state index is 0.286. The van der Waals surface area contributed by atoms with Crippen molar-refractivity contribution in [3.05, 3.63) is 0 Å². The second-order valence-corrected chi connectivity index (χ2v) is 4.88. The Kier molecular flexibility index (Phi) is 5.34. The Morgan fingerprint density at radius 2 is 1.75 bits per heavy atom. The van der Waals surface area contributed by atoms with Gasteiger partial charge in [0.05, 0.1) is 13.2 Å². The second-order valence-electron chi connectivity index (χ2n) is 4.88. The van der Waals surface area contributed by atoms with Gasteiger partial charge in [-0.1, -0.05) is 13.8 Å². The van der Waals surface area contributed by atoms with Gasteiger partial charge in [-0.3, -0.25) is 0 Å². The van der Waals surface area contributed by atoms with Gasteiger partial charge >= 0.3 is 0 Å². The Hall–Kier alpha value is -1.63. The van der Waals surface area contributed by atoms with Crippen LogP contribution in [-0.2, 0) is 4.74 Å². The van der Waals surface area contributed by atoms with Crippen molar-refractivity contribution >= 4 is 17.8 Å². The van der Waals surface area contributed by atoms with Crippen molar-refractivity contribution in [2.24, 2.45) is 0 Å². The normalized spacial score (nSPS) is 15.4. The first-order valence-electron chi connectivity index (χ1n) is 7.33. The highest BCUT2D eigenvalue weighted by molar-refractivity contribution is 5.43. The molecule has 0 unspecified atom stereocenters. The molecule has 0 spiro atoms. The lowest BCUT2D eigenvalue weighted by molar-refractivity contribution is 0.122. The van der Waals surface area contributed by atoms with E-state index in [1.165, 1.54) is 0 Å². The molecule has 112 valence electrons. The molecule has 0 radical (unpaired) electrons. The van der Waals surface area contributed by atoms with Crippen molar-refractivity contribution in [3.63, 3.8) is 0 Å². The fraction of sp³-hybridized carbons (Fsp3) is 0.769. The van der Waals surface area contributed by atoms with Crippen LogP contribution in [0.1, 0.15) is 26.7 Å². The second kappa shape index (κ2) is 7.23. The average Bonchev–Trinajstić information content (AvgIpc) is 2.47. The summed E-state index contributed by atoms with van der Waals surface area (Å²) in [5.74, 6) is 1.63. The number of hydrogen-bond acceptors (Lipinski definition) is 7. The Morgan fingerprint density at radius 3 is 2.35 bits per heavy atom. The molecule has 0 saturated carbocycles. The van der Waals surface area contributed by atoms with Gasteiger partial charge < -0.3 is 20.3 Å². The van der Waals surface area contributed by atoms with Crippen LogP contribution in [0.5, 0.6) is 0 Å². The van der Waals surface area contributed by atoms with Gasteiger partial charge in [0, 0.05) is 26.2 Å². The van der Waals surface area contributed by atoms with Gasteiger partial charge in [-0.2, -0.15) is 15.0 Å². The molecule has 2 rings (SSSR count). The average molecular weight is 280 g/mol. The molecule has 20 heavy (non-hydrogen) atoms. The molecule has 1 aliphatic rings. The lowest BCUT2D eigenvalue weighted by Gasteiger charge is -2.28. The zero-order valence-electron chi connectivity index (χ0n) is 12.4. The van der Waals surface area contributed by atoms with Crippen molar-refractivity contribution in [1.29, 1.82) is 0 Å². The van der Waals surface area contributed by atoms with Crippen LogP contribution in [0.4, 0.5) is 17.8 Å². The molecule has 7 nitrogen and oxygen atoms in total. The number of rotatable bonds is 6. The largest absolute Gasteiger partial charge is 0.378 e. The number of nitrogens with zero attached hydrogens (tertiary/aromatic N) is 5. The predicted molar refractivity (Wildman–Crippen MR) is 80.1 cm³/mol. The van der Waals surface area contributed by atoms with Gasteiger partial charge in [-0.15, -0.1) is 0 Å². The summed E-state index contributed by atoms with van der Waals surface area (Å²) in [6.45, 7) is 9.16. The summed E-state index contributed by atoms with van der Waals surface area (Å²) in [6, 6.07) is 0. The van der Waals surface area contributed by atoms with Crippen LogP contribution in [0.25, 0.3) is 0 Å². The zero-order valence-corrected chi connectivity index (χ0v) is 12.4. The van der Waals surface area contributed by atoms with E-state index in [1.54, 1.807) is 0 Å². The van der Waals surface area contributed by atoms with Crippen molar-refractivity contribution in [2.45, 2.75) is 26.7 Å². The highest BCUT2D eigenvalue weighted by Crippen LogP contribution is 2.16. The van der Waals surface area contributed by atoms with E-state index in [-0.39, 0.29) is 5.95 Å². The molecule has 0 aliphatic carbocycles. The van der Waals surface area contributed by atoms with E-state index in [1.807, 2.05) is 0 Å². The van der Waals surface area contributed by atoms with Crippen LogP contribution in [0.2, 0.25) is 0 Å². The van der Waals surface area contributed by atoms with Crippen molar-refractivity contribution in [1.82, 2.24) is 15.0 Å². The van der Waals surface area contributed by atoms with Crippen molar-refractivity contribution < 1.29 is 4.74 Å². The summed E-state index contributed by atoms with van der Waals surface area (Å²) in [5.41, 5.74) is 5.85. The molecule has 1 aliphatic heterocycles. The molecule has 1 fully saturated rings. The first-order valence-corrected chi connectivity index (χ1v) is 7.33. The zero-order chi connectivity index (χ0) is 14.4. The smallest absolute Gasteiger partial charge is 0.232 e. The van der Waals surface area contributed by atoms with Crippen LogP contribution in [0.15, 0.2) is 0 Å². The molecule has 1 aromatic heterocycles. The van der Waals surface area contributed by atoms with E-state index in [9.17, 15) is 0 Å². The van der Waals surface area contributed by atoms with Crippen LogP contribution in [-0.4, -0.2) is 54.3 Å². The number of hydrogen-bond donors (Lipinski definition) is 1. The predicted octanol–water partition coefficient (Wildman–Crippen LogP) is 0.917. The Balaban J connectivity index is 2.21. The van der Waals surface area contributed by atoms with E-state index in [2.05, 4.69) is 38.6 Å². The molecule has 0 amide bonds. The third-order valence-corrected chi connectivity index (χ3v) is 3.19. The fourth-order valence-corrected chi connectivity index (χ4v) is 2.27. The van der Waals surface area contributed by atoms with E-state index in [0.29, 0.717) is 25.1 Å². The summed E-state index contributed by atoms with van der Waals surface area (Å²) in [6.07, 6.45) is 2.11.